The minimum atomic E-state index is -0.311. The Hall–Kier alpha value is -3.54. The molecule has 6 nitrogen and oxygen atoms in total. The van der Waals surface area contributed by atoms with Gasteiger partial charge < -0.3 is 18.9 Å². The van der Waals surface area contributed by atoms with E-state index in [2.05, 4.69) is 13.2 Å². The number of hydrogen-bond donors (Lipinski definition) is 0. The van der Waals surface area contributed by atoms with E-state index in [0.717, 1.165) is 48.3 Å². The van der Waals surface area contributed by atoms with Gasteiger partial charge in [0.05, 0.1) is 13.2 Å². The number of ether oxygens (including phenoxy) is 4. The Morgan fingerprint density at radius 1 is 0.647 bits per heavy atom. The van der Waals surface area contributed by atoms with Crippen molar-refractivity contribution in [1.29, 1.82) is 0 Å². The highest BCUT2D eigenvalue weighted by Gasteiger charge is 2.29. The Balaban J connectivity index is 1.06. The Labute approximate surface area is 200 Å². The van der Waals surface area contributed by atoms with Crippen molar-refractivity contribution in [1.82, 2.24) is 0 Å². The van der Waals surface area contributed by atoms with Crippen molar-refractivity contribution < 1.29 is 28.5 Å². The molecule has 6 heteroatoms. The molecular weight excluding hydrogens is 432 g/mol. The van der Waals surface area contributed by atoms with Crippen molar-refractivity contribution >= 4 is 11.9 Å². The molecule has 0 saturated carbocycles. The van der Waals surface area contributed by atoms with Gasteiger partial charge in [0.25, 0.3) is 0 Å². The molecule has 4 rings (SSSR count). The lowest BCUT2D eigenvalue weighted by molar-refractivity contribution is -0.140. The number of esters is 2. The van der Waals surface area contributed by atoms with Crippen molar-refractivity contribution in [3.05, 3.63) is 84.0 Å². The lowest BCUT2D eigenvalue weighted by Crippen LogP contribution is -2.01. The van der Waals surface area contributed by atoms with Gasteiger partial charge in [-0.05, 0) is 61.1 Å². The van der Waals surface area contributed by atoms with Crippen LogP contribution < -0.4 is 9.47 Å². The quantitative estimate of drug-likeness (QED) is 0.239. The first kappa shape index (κ1) is 23.6. The fraction of sp³-hybridized carbons (Fsp3) is 0.357. The molecule has 0 N–H and O–H groups in total. The van der Waals surface area contributed by atoms with Crippen LogP contribution in [0.15, 0.2) is 72.8 Å². The number of cyclic esters (lactones) is 2. The van der Waals surface area contributed by atoms with Gasteiger partial charge in [-0.25, -0.2) is 9.59 Å². The number of unbranched alkanes of at least 4 members (excludes halogenated alkanes) is 3. The number of carbonyl (C=O) groups is 2. The van der Waals surface area contributed by atoms with Gasteiger partial charge >= 0.3 is 11.9 Å². The normalized spacial score (nSPS) is 19.8. The van der Waals surface area contributed by atoms with Crippen LogP contribution in [0.25, 0.3) is 0 Å². The first-order valence-electron chi connectivity index (χ1n) is 11.7. The molecule has 0 bridgehead atoms. The maximum atomic E-state index is 11.5. The standard InChI is InChI=1S/C28H30O6/c1-19-17-25(33-27(19)29)21-7-11-23(12-8-21)31-15-5-3-4-6-16-32-24-13-9-22(10-14-24)26-18-20(2)28(30)34-26/h7-14,25-26H,1-6,15-18H2. The molecule has 0 amide bonds. The summed E-state index contributed by atoms with van der Waals surface area (Å²) in [7, 11) is 0. The third kappa shape index (κ3) is 6.07. The second-order valence-corrected chi connectivity index (χ2v) is 8.65. The zero-order valence-electron chi connectivity index (χ0n) is 19.3. The fourth-order valence-electron chi connectivity index (χ4n) is 3.99. The van der Waals surface area contributed by atoms with Crippen molar-refractivity contribution in [3.63, 3.8) is 0 Å². The molecule has 178 valence electrons. The number of rotatable bonds is 11. The summed E-state index contributed by atoms with van der Waals surface area (Å²) >= 11 is 0. The van der Waals surface area contributed by atoms with Crippen LogP contribution in [0.3, 0.4) is 0 Å². The molecule has 0 aromatic heterocycles. The lowest BCUT2D eigenvalue weighted by Gasteiger charge is -2.11. The minimum absolute atomic E-state index is 0.235. The Morgan fingerprint density at radius 3 is 1.35 bits per heavy atom. The molecule has 2 aromatic carbocycles. The van der Waals surface area contributed by atoms with Crippen LogP contribution in [0.1, 0.15) is 61.9 Å². The molecule has 2 unspecified atom stereocenters. The van der Waals surface area contributed by atoms with Crippen LogP contribution in [0.4, 0.5) is 0 Å². The van der Waals surface area contributed by atoms with Crippen LogP contribution in [0.2, 0.25) is 0 Å². The zero-order chi connectivity index (χ0) is 23.9. The summed E-state index contributed by atoms with van der Waals surface area (Å²) in [6.45, 7) is 8.76. The molecule has 0 aliphatic carbocycles. The Morgan fingerprint density at radius 2 is 1.03 bits per heavy atom. The number of benzene rings is 2. The van der Waals surface area contributed by atoms with Crippen molar-refractivity contribution in [2.24, 2.45) is 0 Å². The van der Waals surface area contributed by atoms with Crippen molar-refractivity contribution in [3.8, 4) is 11.5 Å². The SMILES string of the molecule is C=C1CC(c2ccc(OCCCCCCOc3ccc(C4CC(=C)C(=O)O4)cc3)cc2)OC1=O. The molecule has 34 heavy (non-hydrogen) atoms. The van der Waals surface area contributed by atoms with E-state index in [9.17, 15) is 9.59 Å². The first-order chi connectivity index (χ1) is 16.5. The van der Waals surface area contributed by atoms with E-state index >= 15 is 0 Å². The van der Waals surface area contributed by atoms with Gasteiger partial charge in [0, 0.05) is 24.0 Å². The number of carbonyl (C=O) groups excluding carboxylic acids is 2. The van der Waals surface area contributed by atoms with Crippen LogP contribution in [0, 0.1) is 0 Å². The van der Waals surface area contributed by atoms with E-state index in [1.165, 1.54) is 0 Å². The predicted molar refractivity (Wildman–Crippen MR) is 128 cm³/mol. The summed E-state index contributed by atoms with van der Waals surface area (Å²) in [5, 5.41) is 0. The van der Waals surface area contributed by atoms with Gasteiger partial charge in [-0.15, -0.1) is 0 Å². The maximum Gasteiger partial charge on any atom is 0.334 e. The average molecular weight is 463 g/mol. The Kier molecular flexibility index (Phi) is 7.68. The summed E-state index contributed by atoms with van der Waals surface area (Å²) in [6.07, 6.45) is 4.70. The van der Waals surface area contributed by atoms with Crippen LogP contribution >= 0.6 is 0 Å². The minimum Gasteiger partial charge on any atom is -0.494 e. The zero-order valence-corrected chi connectivity index (χ0v) is 19.3. The molecule has 0 radical (unpaired) electrons. The number of hydrogen-bond acceptors (Lipinski definition) is 6. The van der Waals surface area contributed by atoms with Crippen molar-refractivity contribution in [2.75, 3.05) is 13.2 Å². The monoisotopic (exact) mass is 462 g/mol. The highest BCUT2D eigenvalue weighted by atomic mass is 16.6. The van der Waals surface area contributed by atoms with E-state index < -0.39 is 0 Å². The third-order valence-electron chi connectivity index (χ3n) is 6.02. The first-order valence-corrected chi connectivity index (χ1v) is 11.7. The molecule has 2 aromatic rings. The van der Waals surface area contributed by atoms with E-state index in [1.807, 2.05) is 48.5 Å². The van der Waals surface area contributed by atoms with Crippen molar-refractivity contribution in [2.45, 2.75) is 50.7 Å². The molecule has 2 saturated heterocycles. The summed E-state index contributed by atoms with van der Waals surface area (Å²) in [4.78, 5) is 22.9. The summed E-state index contributed by atoms with van der Waals surface area (Å²) in [5.41, 5.74) is 2.96. The molecule has 2 aliphatic rings. The third-order valence-corrected chi connectivity index (χ3v) is 6.02. The average Bonchev–Trinajstić information content (AvgIpc) is 3.36. The maximum absolute atomic E-state index is 11.5. The highest BCUT2D eigenvalue weighted by Crippen LogP contribution is 2.33. The fourth-order valence-corrected chi connectivity index (χ4v) is 3.99. The smallest absolute Gasteiger partial charge is 0.334 e. The molecule has 2 atom stereocenters. The largest absolute Gasteiger partial charge is 0.494 e. The summed E-state index contributed by atoms with van der Waals surface area (Å²) in [6, 6.07) is 15.4. The van der Waals surface area contributed by atoms with E-state index in [4.69, 9.17) is 18.9 Å². The Bertz CT molecular complexity index is 920. The second kappa shape index (κ2) is 11.1. The van der Waals surface area contributed by atoms with Gasteiger partial charge in [-0.3, -0.25) is 0 Å². The molecular formula is C28H30O6. The van der Waals surface area contributed by atoms with Gasteiger partial charge in [0.1, 0.15) is 23.7 Å². The highest BCUT2D eigenvalue weighted by molar-refractivity contribution is 5.90. The van der Waals surface area contributed by atoms with Gasteiger partial charge in [-0.2, -0.15) is 0 Å². The van der Waals surface area contributed by atoms with E-state index in [1.54, 1.807) is 0 Å². The van der Waals surface area contributed by atoms with Crippen LogP contribution in [0.5, 0.6) is 11.5 Å². The predicted octanol–water partition coefficient (Wildman–Crippen LogP) is 5.79. The van der Waals surface area contributed by atoms with Crippen LogP contribution in [-0.2, 0) is 19.1 Å². The molecule has 0 spiro atoms. The van der Waals surface area contributed by atoms with Gasteiger partial charge in [0.2, 0.25) is 0 Å². The summed E-state index contributed by atoms with van der Waals surface area (Å²) < 4.78 is 22.2. The van der Waals surface area contributed by atoms with Crippen LogP contribution in [-0.4, -0.2) is 25.2 Å². The second-order valence-electron chi connectivity index (χ2n) is 8.65. The van der Waals surface area contributed by atoms with Gasteiger partial charge in [-0.1, -0.05) is 37.4 Å². The lowest BCUT2D eigenvalue weighted by atomic mass is 10.1. The molecule has 2 aliphatic heterocycles. The molecule has 2 heterocycles. The van der Waals surface area contributed by atoms with Gasteiger partial charge in [0.15, 0.2) is 0 Å². The van der Waals surface area contributed by atoms with E-state index in [-0.39, 0.29) is 24.1 Å². The van der Waals surface area contributed by atoms with E-state index in [0.29, 0.717) is 37.2 Å². The topological polar surface area (TPSA) is 71.1 Å². The summed E-state index contributed by atoms with van der Waals surface area (Å²) in [5.74, 6) is 1.01. The molecule has 2 fully saturated rings.